The van der Waals surface area contributed by atoms with E-state index in [4.69, 9.17) is 4.74 Å². The summed E-state index contributed by atoms with van der Waals surface area (Å²) in [4.78, 5) is 0. The third-order valence-electron chi connectivity index (χ3n) is 3.12. The summed E-state index contributed by atoms with van der Waals surface area (Å²) in [6.45, 7) is 2.96. The lowest BCUT2D eigenvalue weighted by molar-refractivity contribution is 0.169. The first-order valence-electron chi connectivity index (χ1n) is 6.28. The number of allylic oxidation sites excluding steroid dienone is 1. The van der Waals surface area contributed by atoms with Crippen LogP contribution >= 0.6 is 0 Å². The number of nitrogens with zero attached hydrogens (tertiary/aromatic N) is 2. The van der Waals surface area contributed by atoms with E-state index >= 15 is 0 Å². The lowest BCUT2D eigenvalue weighted by Crippen LogP contribution is -2.22. The lowest BCUT2D eigenvalue weighted by Gasteiger charge is -2.23. The summed E-state index contributed by atoms with van der Waals surface area (Å²) in [5, 5.41) is 7.82. The molecule has 1 aliphatic rings. The van der Waals surface area contributed by atoms with Crippen LogP contribution in [0.4, 0.5) is 0 Å². The highest BCUT2D eigenvalue weighted by Gasteiger charge is 2.22. The summed E-state index contributed by atoms with van der Waals surface area (Å²) in [6.07, 6.45) is 7.44. The van der Waals surface area contributed by atoms with Crippen molar-refractivity contribution in [2.45, 2.75) is 32.2 Å². The number of likely N-dealkylation sites (N-methyl/N-ethyl adjacent to an activating group) is 1. The van der Waals surface area contributed by atoms with E-state index in [1.54, 1.807) is 0 Å². The van der Waals surface area contributed by atoms with Crippen LogP contribution in [0.3, 0.4) is 0 Å². The number of rotatable bonds is 4. The third-order valence-corrected chi connectivity index (χ3v) is 3.12. The highest BCUT2D eigenvalue weighted by Crippen LogP contribution is 2.27. The van der Waals surface area contributed by atoms with Crippen LogP contribution in [0.15, 0.2) is 18.0 Å². The van der Waals surface area contributed by atoms with Crippen LogP contribution in [-0.4, -0.2) is 23.4 Å². The van der Waals surface area contributed by atoms with Gasteiger partial charge in [-0.25, -0.2) is 0 Å². The predicted molar refractivity (Wildman–Crippen MR) is 67.7 cm³/mol. The van der Waals surface area contributed by atoms with Crippen molar-refractivity contribution in [3.63, 3.8) is 0 Å². The number of hydrogen-bond donors (Lipinski definition) is 1. The molecule has 0 bridgehead atoms. The Labute approximate surface area is 103 Å². The van der Waals surface area contributed by atoms with Gasteiger partial charge < -0.3 is 10.1 Å². The molecular formula is C13H21N3O. The molecule has 2 rings (SSSR count). The van der Waals surface area contributed by atoms with Crippen LogP contribution in [0.5, 0.6) is 0 Å². The van der Waals surface area contributed by atoms with Crippen molar-refractivity contribution in [1.82, 2.24) is 15.1 Å². The molecule has 0 fully saturated rings. The number of ether oxygens (including phenoxy) is 1. The fourth-order valence-corrected chi connectivity index (χ4v) is 2.30. The minimum Gasteiger partial charge on any atom is -0.496 e. The molecule has 4 heteroatoms. The van der Waals surface area contributed by atoms with Gasteiger partial charge in [-0.1, -0.05) is 6.92 Å². The van der Waals surface area contributed by atoms with Gasteiger partial charge in [0.15, 0.2) is 0 Å². The van der Waals surface area contributed by atoms with Crippen molar-refractivity contribution in [2.24, 2.45) is 7.05 Å². The fraction of sp³-hybridized carbons (Fsp3) is 0.615. The van der Waals surface area contributed by atoms with Gasteiger partial charge in [0.25, 0.3) is 0 Å². The summed E-state index contributed by atoms with van der Waals surface area (Å²) in [5.74, 6) is 1.04. The van der Waals surface area contributed by atoms with Crippen molar-refractivity contribution < 1.29 is 4.74 Å². The van der Waals surface area contributed by atoms with E-state index in [0.717, 1.165) is 37.3 Å². The van der Waals surface area contributed by atoms with E-state index in [-0.39, 0.29) is 6.04 Å². The van der Waals surface area contributed by atoms with Crippen LogP contribution < -0.4 is 5.32 Å². The molecule has 2 heterocycles. The first-order chi connectivity index (χ1) is 8.26. The number of aryl methyl sites for hydroxylation is 2. The van der Waals surface area contributed by atoms with Gasteiger partial charge in [0.2, 0.25) is 0 Å². The lowest BCUT2D eigenvalue weighted by atomic mass is 10.0. The van der Waals surface area contributed by atoms with Gasteiger partial charge in [0.05, 0.1) is 18.3 Å². The van der Waals surface area contributed by atoms with Gasteiger partial charge in [-0.3, -0.25) is 4.68 Å². The maximum Gasteiger partial charge on any atom is 0.114 e. The van der Waals surface area contributed by atoms with E-state index in [0.29, 0.717) is 0 Å². The molecule has 0 aliphatic carbocycles. The van der Waals surface area contributed by atoms with Crippen LogP contribution in [0, 0.1) is 0 Å². The van der Waals surface area contributed by atoms with Crippen LogP contribution in [0.25, 0.3) is 0 Å². The quantitative estimate of drug-likeness (QED) is 0.867. The van der Waals surface area contributed by atoms with Crippen molar-refractivity contribution >= 4 is 0 Å². The summed E-state index contributed by atoms with van der Waals surface area (Å²) >= 11 is 0. The van der Waals surface area contributed by atoms with Crippen LogP contribution in [0.1, 0.15) is 37.1 Å². The Morgan fingerprint density at radius 2 is 2.41 bits per heavy atom. The molecule has 94 valence electrons. The maximum atomic E-state index is 5.76. The van der Waals surface area contributed by atoms with Crippen LogP contribution in [0.2, 0.25) is 0 Å². The van der Waals surface area contributed by atoms with Gasteiger partial charge in [-0.05, 0) is 32.4 Å². The Balaban J connectivity index is 2.30. The average molecular weight is 235 g/mol. The second kappa shape index (κ2) is 5.36. The van der Waals surface area contributed by atoms with Gasteiger partial charge in [0.1, 0.15) is 5.76 Å². The molecular weight excluding hydrogens is 214 g/mol. The number of hydrogen-bond acceptors (Lipinski definition) is 3. The SMILES string of the molecule is CCc1nn(C)cc1C(NC)C1=CCCCO1. The Morgan fingerprint density at radius 3 is 3.00 bits per heavy atom. The Hall–Kier alpha value is -1.29. The Morgan fingerprint density at radius 1 is 1.59 bits per heavy atom. The van der Waals surface area contributed by atoms with Gasteiger partial charge in [0, 0.05) is 18.8 Å². The second-order valence-electron chi connectivity index (χ2n) is 4.38. The van der Waals surface area contributed by atoms with E-state index in [1.165, 1.54) is 5.56 Å². The molecule has 0 saturated carbocycles. The zero-order chi connectivity index (χ0) is 12.3. The predicted octanol–water partition coefficient (Wildman–Crippen LogP) is 1.94. The van der Waals surface area contributed by atoms with Crippen molar-refractivity contribution in [1.29, 1.82) is 0 Å². The highest BCUT2D eigenvalue weighted by atomic mass is 16.5. The topological polar surface area (TPSA) is 39.1 Å². The average Bonchev–Trinajstić information content (AvgIpc) is 2.73. The molecule has 0 amide bonds. The molecule has 0 saturated heterocycles. The van der Waals surface area contributed by atoms with E-state index < -0.39 is 0 Å². The second-order valence-corrected chi connectivity index (χ2v) is 4.38. The summed E-state index contributed by atoms with van der Waals surface area (Å²) in [6, 6.07) is 0.138. The van der Waals surface area contributed by atoms with Crippen LogP contribution in [-0.2, 0) is 18.2 Å². The summed E-state index contributed by atoms with van der Waals surface area (Å²) in [5.41, 5.74) is 2.37. The summed E-state index contributed by atoms with van der Waals surface area (Å²) in [7, 11) is 3.93. The highest BCUT2D eigenvalue weighted by molar-refractivity contribution is 5.28. The van der Waals surface area contributed by atoms with Gasteiger partial charge >= 0.3 is 0 Å². The van der Waals surface area contributed by atoms with Crippen molar-refractivity contribution in [3.8, 4) is 0 Å². The third kappa shape index (κ3) is 2.52. The first kappa shape index (κ1) is 12.2. The molecule has 1 unspecified atom stereocenters. The number of nitrogens with one attached hydrogen (secondary N) is 1. The monoisotopic (exact) mass is 235 g/mol. The minimum absolute atomic E-state index is 0.138. The Kier molecular flexibility index (Phi) is 3.84. The molecule has 1 aliphatic heterocycles. The fourth-order valence-electron chi connectivity index (χ4n) is 2.30. The number of aromatic nitrogens is 2. The van der Waals surface area contributed by atoms with Crippen molar-refractivity contribution in [3.05, 3.63) is 29.3 Å². The van der Waals surface area contributed by atoms with E-state index in [9.17, 15) is 0 Å². The molecule has 1 N–H and O–H groups in total. The molecule has 0 aromatic carbocycles. The minimum atomic E-state index is 0.138. The standard InChI is InChI=1S/C13H21N3O/c1-4-11-10(9-16(3)15-11)13(14-2)12-7-5-6-8-17-12/h7,9,13-14H,4-6,8H2,1-3H3. The molecule has 0 spiro atoms. The zero-order valence-corrected chi connectivity index (χ0v) is 10.9. The Bertz CT molecular complexity index is 409. The van der Waals surface area contributed by atoms with Gasteiger partial charge in [-0.15, -0.1) is 0 Å². The van der Waals surface area contributed by atoms with E-state index in [1.807, 2.05) is 18.8 Å². The summed E-state index contributed by atoms with van der Waals surface area (Å²) < 4.78 is 7.63. The molecule has 1 aromatic rings. The zero-order valence-electron chi connectivity index (χ0n) is 10.9. The molecule has 17 heavy (non-hydrogen) atoms. The van der Waals surface area contributed by atoms with Gasteiger partial charge in [-0.2, -0.15) is 5.10 Å². The normalized spacial score (nSPS) is 17.5. The van der Waals surface area contributed by atoms with E-state index in [2.05, 4.69) is 29.6 Å². The first-order valence-corrected chi connectivity index (χ1v) is 6.28. The smallest absolute Gasteiger partial charge is 0.114 e. The molecule has 0 radical (unpaired) electrons. The van der Waals surface area contributed by atoms with Crippen molar-refractivity contribution in [2.75, 3.05) is 13.7 Å². The molecule has 4 nitrogen and oxygen atoms in total. The maximum absolute atomic E-state index is 5.76. The molecule has 1 atom stereocenters. The molecule has 1 aromatic heterocycles. The largest absolute Gasteiger partial charge is 0.496 e.